The molecule has 2 aromatic carbocycles. The van der Waals surface area contributed by atoms with E-state index in [9.17, 15) is 8.78 Å². The normalized spacial score (nSPS) is 10.8. The minimum Gasteiger partial charge on any atom is -0.491 e. The lowest BCUT2D eigenvalue weighted by molar-refractivity contribution is 0.146. The zero-order valence-electron chi connectivity index (χ0n) is 13.4. The minimum absolute atomic E-state index is 0.133. The van der Waals surface area contributed by atoms with Crippen LogP contribution in [0.2, 0.25) is 0 Å². The molecule has 0 radical (unpaired) electrons. The summed E-state index contributed by atoms with van der Waals surface area (Å²) in [7, 11) is 1.55. The molecule has 6 nitrogen and oxygen atoms in total. The summed E-state index contributed by atoms with van der Waals surface area (Å²) in [5.74, 6) is -0.671. The number of fused-ring (bicyclic) bond motifs is 1. The number of rotatable bonds is 6. The molecule has 8 heteroatoms. The first-order valence-electron chi connectivity index (χ1n) is 7.46. The van der Waals surface area contributed by atoms with Crippen LogP contribution >= 0.6 is 0 Å². The maximum atomic E-state index is 14.5. The topological polar surface area (TPSA) is 82.3 Å². The summed E-state index contributed by atoms with van der Waals surface area (Å²) in [4.78, 5) is 8.06. The lowest BCUT2D eigenvalue weighted by Crippen LogP contribution is -2.05. The Morgan fingerprint density at radius 3 is 2.68 bits per heavy atom. The van der Waals surface area contributed by atoms with Crippen LogP contribution in [-0.2, 0) is 4.74 Å². The second-order valence-electron chi connectivity index (χ2n) is 5.23. The molecular formula is C17H16F2N4O2. The maximum Gasteiger partial charge on any atom is 0.148 e. The van der Waals surface area contributed by atoms with E-state index in [1.54, 1.807) is 13.2 Å². The first kappa shape index (κ1) is 16.8. The van der Waals surface area contributed by atoms with Crippen LogP contribution in [0.4, 0.5) is 26.0 Å². The van der Waals surface area contributed by atoms with E-state index in [0.29, 0.717) is 23.6 Å². The van der Waals surface area contributed by atoms with Gasteiger partial charge in [-0.05, 0) is 18.2 Å². The fraction of sp³-hybridized carbons (Fsp3) is 0.176. The average Bonchev–Trinajstić information content (AvgIpc) is 2.57. The fourth-order valence-corrected chi connectivity index (χ4v) is 2.30. The van der Waals surface area contributed by atoms with Crippen molar-refractivity contribution in [3.63, 3.8) is 0 Å². The summed E-state index contributed by atoms with van der Waals surface area (Å²) in [6, 6.07) is 6.97. The molecule has 0 amide bonds. The van der Waals surface area contributed by atoms with E-state index in [1.165, 1.54) is 30.6 Å². The Kier molecular flexibility index (Phi) is 4.90. The smallest absolute Gasteiger partial charge is 0.148 e. The van der Waals surface area contributed by atoms with Crippen LogP contribution < -0.4 is 15.8 Å². The van der Waals surface area contributed by atoms with E-state index in [2.05, 4.69) is 15.3 Å². The van der Waals surface area contributed by atoms with E-state index in [1.807, 2.05) is 0 Å². The SMILES string of the molecule is COCCOc1cc(F)c2c(Nc3ccc(N)cc3F)ncnc2c1. The molecule has 1 heterocycles. The van der Waals surface area contributed by atoms with Crippen molar-refractivity contribution in [2.45, 2.75) is 0 Å². The molecule has 3 N–H and O–H groups in total. The minimum atomic E-state index is -0.580. The van der Waals surface area contributed by atoms with Crippen LogP contribution in [0.25, 0.3) is 10.9 Å². The van der Waals surface area contributed by atoms with Gasteiger partial charge in [0.05, 0.1) is 23.2 Å². The highest BCUT2D eigenvalue weighted by Crippen LogP contribution is 2.30. The molecular weight excluding hydrogens is 330 g/mol. The molecule has 0 aliphatic carbocycles. The number of nitrogens with one attached hydrogen (secondary N) is 1. The number of anilines is 3. The predicted octanol–water partition coefficient (Wildman–Crippen LogP) is 3.26. The molecule has 0 fully saturated rings. The number of nitrogens with two attached hydrogens (primary N) is 1. The average molecular weight is 346 g/mol. The van der Waals surface area contributed by atoms with Crippen LogP contribution in [0.5, 0.6) is 5.75 Å². The number of hydrogen-bond donors (Lipinski definition) is 2. The van der Waals surface area contributed by atoms with Crippen LogP contribution in [0.15, 0.2) is 36.7 Å². The number of hydrogen-bond acceptors (Lipinski definition) is 6. The van der Waals surface area contributed by atoms with Gasteiger partial charge in [0.15, 0.2) is 0 Å². The van der Waals surface area contributed by atoms with Crippen LogP contribution in [0.3, 0.4) is 0 Å². The van der Waals surface area contributed by atoms with Gasteiger partial charge in [-0.1, -0.05) is 0 Å². The van der Waals surface area contributed by atoms with Crippen molar-refractivity contribution in [2.24, 2.45) is 0 Å². The van der Waals surface area contributed by atoms with Crippen molar-refractivity contribution in [3.8, 4) is 5.75 Å². The molecule has 1 aromatic heterocycles. The van der Waals surface area contributed by atoms with Gasteiger partial charge < -0.3 is 20.5 Å². The van der Waals surface area contributed by atoms with Gasteiger partial charge in [0.1, 0.15) is 36.1 Å². The van der Waals surface area contributed by atoms with Gasteiger partial charge in [-0.25, -0.2) is 18.7 Å². The van der Waals surface area contributed by atoms with Gasteiger partial charge >= 0.3 is 0 Å². The van der Waals surface area contributed by atoms with E-state index in [0.717, 1.165) is 0 Å². The fourth-order valence-electron chi connectivity index (χ4n) is 2.30. The number of benzene rings is 2. The summed E-state index contributed by atoms with van der Waals surface area (Å²) in [5.41, 5.74) is 6.28. The van der Waals surface area contributed by atoms with Gasteiger partial charge in [0.2, 0.25) is 0 Å². The largest absolute Gasteiger partial charge is 0.491 e. The molecule has 0 unspecified atom stereocenters. The zero-order chi connectivity index (χ0) is 17.8. The quantitative estimate of drug-likeness (QED) is 0.527. The van der Waals surface area contributed by atoms with Gasteiger partial charge in [0.25, 0.3) is 0 Å². The highest BCUT2D eigenvalue weighted by atomic mass is 19.1. The Bertz CT molecular complexity index is 905. The van der Waals surface area contributed by atoms with Crippen molar-refractivity contribution in [2.75, 3.05) is 31.4 Å². The number of ether oxygens (including phenoxy) is 2. The van der Waals surface area contributed by atoms with Gasteiger partial charge in [0, 0.05) is 24.9 Å². The molecule has 3 aromatic rings. The first-order chi connectivity index (χ1) is 12.1. The third-order valence-corrected chi connectivity index (χ3v) is 3.47. The number of nitrogens with zero attached hydrogens (tertiary/aromatic N) is 2. The summed E-state index contributed by atoms with van der Waals surface area (Å²) in [6.45, 7) is 0.668. The Hall–Kier alpha value is -3.00. The summed E-state index contributed by atoms with van der Waals surface area (Å²) >= 11 is 0. The van der Waals surface area contributed by atoms with Crippen LogP contribution in [-0.4, -0.2) is 30.3 Å². The molecule has 0 atom stereocenters. The Morgan fingerprint density at radius 1 is 1.08 bits per heavy atom. The van der Waals surface area contributed by atoms with Crippen molar-refractivity contribution in [3.05, 3.63) is 48.3 Å². The number of halogens is 2. The maximum absolute atomic E-state index is 14.5. The molecule has 0 saturated heterocycles. The molecule has 3 rings (SSSR count). The van der Waals surface area contributed by atoms with Gasteiger partial charge in [-0.3, -0.25) is 0 Å². The number of methoxy groups -OCH3 is 1. The van der Waals surface area contributed by atoms with E-state index < -0.39 is 11.6 Å². The summed E-state index contributed by atoms with van der Waals surface area (Å²) < 4.78 is 38.8. The van der Waals surface area contributed by atoms with Crippen LogP contribution in [0.1, 0.15) is 0 Å². The van der Waals surface area contributed by atoms with E-state index >= 15 is 0 Å². The van der Waals surface area contributed by atoms with Crippen LogP contribution in [0, 0.1) is 11.6 Å². The van der Waals surface area contributed by atoms with Gasteiger partial charge in [-0.15, -0.1) is 0 Å². The third kappa shape index (κ3) is 3.74. The standard InChI is InChI=1S/C17H16F2N4O2/c1-24-4-5-25-11-7-13(19)16-15(8-11)21-9-22-17(16)23-14-3-2-10(20)6-12(14)18/h2-3,6-9H,4-5,20H2,1H3,(H,21,22,23). The summed E-state index contributed by atoms with van der Waals surface area (Å²) in [6.07, 6.45) is 1.26. The predicted molar refractivity (Wildman–Crippen MR) is 91.0 cm³/mol. The highest BCUT2D eigenvalue weighted by molar-refractivity contribution is 5.92. The molecule has 0 spiro atoms. The molecule has 0 bridgehead atoms. The number of nitrogen functional groups attached to an aromatic ring is 1. The zero-order valence-corrected chi connectivity index (χ0v) is 13.4. The molecule has 0 aliphatic heterocycles. The first-order valence-corrected chi connectivity index (χ1v) is 7.46. The van der Waals surface area contributed by atoms with Crippen molar-refractivity contribution >= 4 is 28.1 Å². The Labute approximate surface area is 142 Å². The van der Waals surface area contributed by atoms with Crippen molar-refractivity contribution in [1.82, 2.24) is 9.97 Å². The van der Waals surface area contributed by atoms with Crippen molar-refractivity contribution in [1.29, 1.82) is 0 Å². The molecule has 130 valence electrons. The van der Waals surface area contributed by atoms with Gasteiger partial charge in [-0.2, -0.15) is 0 Å². The van der Waals surface area contributed by atoms with E-state index in [-0.39, 0.29) is 23.5 Å². The molecule has 0 aliphatic rings. The highest BCUT2D eigenvalue weighted by Gasteiger charge is 2.13. The summed E-state index contributed by atoms with van der Waals surface area (Å²) in [5, 5.41) is 2.91. The number of aromatic nitrogens is 2. The Balaban J connectivity index is 1.96. The van der Waals surface area contributed by atoms with E-state index in [4.69, 9.17) is 15.2 Å². The lowest BCUT2D eigenvalue weighted by atomic mass is 10.2. The Morgan fingerprint density at radius 2 is 1.92 bits per heavy atom. The second-order valence-corrected chi connectivity index (χ2v) is 5.23. The monoisotopic (exact) mass is 346 g/mol. The second kappa shape index (κ2) is 7.27. The lowest BCUT2D eigenvalue weighted by Gasteiger charge is -2.12. The molecule has 25 heavy (non-hydrogen) atoms. The third-order valence-electron chi connectivity index (χ3n) is 3.47. The molecule has 0 saturated carbocycles. The van der Waals surface area contributed by atoms with Crippen molar-refractivity contribution < 1.29 is 18.3 Å².